The molecule has 3 nitrogen and oxygen atoms in total. The third kappa shape index (κ3) is 2.74. The summed E-state index contributed by atoms with van der Waals surface area (Å²) in [5, 5.41) is 9.52. The van der Waals surface area contributed by atoms with Crippen LogP contribution in [0.5, 0.6) is 0 Å². The predicted molar refractivity (Wildman–Crippen MR) is 55.5 cm³/mol. The average Bonchev–Trinajstić information content (AvgIpc) is 2.26. The second-order valence-electron chi connectivity index (χ2n) is 2.76. The number of aliphatic hydroxyl groups is 1. The molecular formula is C10H12O3P+. The number of hydrogen-bond acceptors (Lipinski definition) is 3. The number of hydrogen-bond donors (Lipinski definition) is 1. The molecule has 0 saturated heterocycles. The van der Waals surface area contributed by atoms with Crippen LogP contribution in [0, 0.1) is 0 Å². The van der Waals surface area contributed by atoms with E-state index in [1.807, 2.05) is 18.2 Å². The fourth-order valence-corrected chi connectivity index (χ4v) is 1.53. The molecule has 0 aliphatic rings. The van der Waals surface area contributed by atoms with Gasteiger partial charge in [0.1, 0.15) is 6.10 Å². The van der Waals surface area contributed by atoms with Crippen molar-refractivity contribution in [1.82, 2.24) is 0 Å². The fraction of sp³-hybridized carbons (Fsp3) is 0.200. The molecule has 0 aliphatic heterocycles. The van der Waals surface area contributed by atoms with Crippen LogP contribution in [-0.2, 0) is 9.09 Å². The standard InChI is InChI=1S/C10H12O3P/c1-2-9(11)10(13-14-12)8-6-4-3-5-7-8/h2-7,9-11,14H,1H2/q+1. The molecule has 1 rings (SSSR count). The molecule has 0 aliphatic carbocycles. The maximum Gasteiger partial charge on any atom is 0.494 e. The molecule has 0 bridgehead atoms. The minimum atomic E-state index is -0.898. The molecule has 0 amide bonds. The Labute approximate surface area is 84.3 Å². The van der Waals surface area contributed by atoms with Crippen molar-refractivity contribution in [3.8, 4) is 0 Å². The first-order valence-corrected chi connectivity index (χ1v) is 4.99. The van der Waals surface area contributed by atoms with Crippen molar-refractivity contribution in [2.45, 2.75) is 12.2 Å². The molecule has 1 aromatic rings. The molecule has 3 atom stereocenters. The van der Waals surface area contributed by atoms with Gasteiger partial charge in [0, 0.05) is 0 Å². The van der Waals surface area contributed by atoms with E-state index in [0.29, 0.717) is 0 Å². The molecule has 0 heterocycles. The van der Waals surface area contributed by atoms with Gasteiger partial charge in [-0.05, 0) is 10.1 Å². The van der Waals surface area contributed by atoms with Crippen LogP contribution < -0.4 is 0 Å². The van der Waals surface area contributed by atoms with Crippen molar-refractivity contribution in [2.75, 3.05) is 0 Å². The third-order valence-corrected chi connectivity index (χ3v) is 2.21. The molecule has 0 radical (unpaired) electrons. The van der Waals surface area contributed by atoms with E-state index < -0.39 is 20.9 Å². The second kappa shape index (κ2) is 5.66. The predicted octanol–water partition coefficient (Wildman–Crippen LogP) is 2.23. The Kier molecular flexibility index (Phi) is 4.47. The average molecular weight is 211 g/mol. The number of aliphatic hydroxyl groups excluding tert-OH is 1. The maximum absolute atomic E-state index is 10.4. The first-order chi connectivity index (χ1) is 6.79. The molecule has 1 aromatic carbocycles. The van der Waals surface area contributed by atoms with E-state index in [2.05, 4.69) is 6.58 Å². The second-order valence-corrected chi connectivity index (χ2v) is 3.16. The van der Waals surface area contributed by atoms with Crippen LogP contribution >= 0.6 is 8.69 Å². The van der Waals surface area contributed by atoms with Crippen LogP contribution in [0.1, 0.15) is 11.7 Å². The molecule has 0 spiro atoms. The molecule has 0 fully saturated rings. The largest absolute Gasteiger partial charge is 0.494 e. The van der Waals surface area contributed by atoms with E-state index in [0.717, 1.165) is 5.56 Å². The summed E-state index contributed by atoms with van der Waals surface area (Å²) in [6, 6.07) is 9.13. The van der Waals surface area contributed by atoms with Gasteiger partial charge in [-0.1, -0.05) is 36.4 Å². The Hall–Kier alpha value is -1.02. The fourth-order valence-electron chi connectivity index (χ4n) is 1.15. The summed E-state index contributed by atoms with van der Waals surface area (Å²) >= 11 is 0. The SMILES string of the molecule is C=CC(O)C(O[PH+]=O)c1ccccc1. The minimum absolute atomic E-state index is 0.607. The Morgan fingerprint density at radius 2 is 2.07 bits per heavy atom. The van der Waals surface area contributed by atoms with Gasteiger partial charge < -0.3 is 5.11 Å². The summed E-state index contributed by atoms with van der Waals surface area (Å²) in [6.07, 6.45) is -0.0963. The van der Waals surface area contributed by atoms with Gasteiger partial charge in [0.05, 0.1) is 0 Å². The van der Waals surface area contributed by atoms with Gasteiger partial charge >= 0.3 is 8.69 Å². The van der Waals surface area contributed by atoms with Crippen molar-refractivity contribution < 1.29 is 14.2 Å². The van der Waals surface area contributed by atoms with Crippen LogP contribution in [0.3, 0.4) is 0 Å². The smallest absolute Gasteiger partial charge is 0.386 e. The van der Waals surface area contributed by atoms with Gasteiger partial charge in [-0.25, -0.2) is 0 Å². The highest BCUT2D eigenvalue weighted by molar-refractivity contribution is 7.17. The van der Waals surface area contributed by atoms with Gasteiger partial charge in [0.25, 0.3) is 0 Å². The first-order valence-electron chi connectivity index (χ1n) is 4.18. The molecule has 0 aromatic heterocycles. The van der Waals surface area contributed by atoms with Gasteiger partial charge in [0.2, 0.25) is 0 Å². The van der Waals surface area contributed by atoms with E-state index in [4.69, 9.17) is 4.52 Å². The lowest BCUT2D eigenvalue weighted by Gasteiger charge is -2.13. The highest BCUT2D eigenvalue weighted by atomic mass is 31.1. The van der Waals surface area contributed by atoms with Crippen molar-refractivity contribution >= 4 is 8.69 Å². The first kappa shape index (κ1) is 11.1. The number of rotatable bonds is 5. The molecule has 14 heavy (non-hydrogen) atoms. The molecule has 3 unspecified atom stereocenters. The zero-order valence-corrected chi connectivity index (χ0v) is 8.59. The van der Waals surface area contributed by atoms with Gasteiger partial charge in [-0.3, -0.25) is 0 Å². The molecule has 74 valence electrons. The summed E-state index contributed by atoms with van der Waals surface area (Å²) < 4.78 is 15.3. The zero-order chi connectivity index (χ0) is 10.4. The summed E-state index contributed by atoms with van der Waals surface area (Å²) in [7, 11) is -0.898. The van der Waals surface area contributed by atoms with Crippen molar-refractivity contribution in [3.05, 3.63) is 48.6 Å². The Morgan fingerprint density at radius 1 is 1.43 bits per heavy atom. The summed E-state index contributed by atoms with van der Waals surface area (Å²) in [5.74, 6) is 0. The van der Waals surface area contributed by atoms with Crippen LogP contribution in [0.2, 0.25) is 0 Å². The maximum atomic E-state index is 10.4. The highest BCUT2D eigenvalue weighted by Gasteiger charge is 2.23. The molecule has 1 N–H and O–H groups in total. The lowest BCUT2D eigenvalue weighted by molar-refractivity contribution is 0.0766. The quantitative estimate of drug-likeness (QED) is 0.600. The van der Waals surface area contributed by atoms with Gasteiger partial charge in [-0.15, -0.1) is 11.1 Å². The van der Waals surface area contributed by atoms with E-state index in [1.54, 1.807) is 12.1 Å². The number of benzene rings is 1. The highest BCUT2D eigenvalue weighted by Crippen LogP contribution is 2.25. The van der Waals surface area contributed by atoms with Gasteiger partial charge in [-0.2, -0.15) is 0 Å². The summed E-state index contributed by atoms with van der Waals surface area (Å²) in [6.45, 7) is 3.46. The van der Waals surface area contributed by atoms with E-state index in [9.17, 15) is 9.67 Å². The minimum Gasteiger partial charge on any atom is -0.386 e. The summed E-state index contributed by atoms with van der Waals surface area (Å²) in [4.78, 5) is 0. The third-order valence-electron chi connectivity index (χ3n) is 1.85. The van der Waals surface area contributed by atoms with Crippen molar-refractivity contribution in [1.29, 1.82) is 0 Å². The Bertz CT molecular complexity index is 299. The topological polar surface area (TPSA) is 46.5 Å². The van der Waals surface area contributed by atoms with Crippen LogP contribution in [0.4, 0.5) is 0 Å². The monoisotopic (exact) mass is 211 g/mol. The van der Waals surface area contributed by atoms with E-state index in [1.165, 1.54) is 6.08 Å². The van der Waals surface area contributed by atoms with Crippen LogP contribution in [0.25, 0.3) is 0 Å². The zero-order valence-electron chi connectivity index (χ0n) is 7.59. The van der Waals surface area contributed by atoms with Crippen LogP contribution in [0.15, 0.2) is 43.0 Å². The molecule has 4 heteroatoms. The lowest BCUT2D eigenvalue weighted by atomic mass is 10.1. The molecule has 0 saturated carbocycles. The molecular weight excluding hydrogens is 199 g/mol. The van der Waals surface area contributed by atoms with Crippen molar-refractivity contribution in [2.24, 2.45) is 0 Å². The van der Waals surface area contributed by atoms with E-state index in [-0.39, 0.29) is 0 Å². The Balaban J connectivity index is 2.87. The normalized spacial score (nSPS) is 14.9. The van der Waals surface area contributed by atoms with Crippen molar-refractivity contribution in [3.63, 3.8) is 0 Å². The van der Waals surface area contributed by atoms with E-state index >= 15 is 0 Å². The van der Waals surface area contributed by atoms with Gasteiger partial charge in [0.15, 0.2) is 6.10 Å². The lowest BCUT2D eigenvalue weighted by Crippen LogP contribution is -2.15. The Morgan fingerprint density at radius 3 is 2.57 bits per heavy atom. The van der Waals surface area contributed by atoms with Crippen LogP contribution in [-0.4, -0.2) is 11.2 Å². The summed E-state index contributed by atoms with van der Waals surface area (Å²) in [5.41, 5.74) is 0.781.